The molecule has 2 atom stereocenters. The van der Waals surface area contributed by atoms with Crippen molar-refractivity contribution in [3.63, 3.8) is 0 Å². The lowest BCUT2D eigenvalue weighted by molar-refractivity contribution is -0.274. The van der Waals surface area contributed by atoms with Gasteiger partial charge in [-0.3, -0.25) is 0 Å². The molecule has 0 unspecified atom stereocenters. The Labute approximate surface area is 113 Å². The van der Waals surface area contributed by atoms with E-state index >= 15 is 0 Å². The van der Waals surface area contributed by atoms with E-state index in [-0.39, 0.29) is 23.2 Å². The second-order valence-electron chi connectivity index (χ2n) is 4.70. The Hall–Kier alpha value is -0.980. The van der Waals surface area contributed by atoms with E-state index in [4.69, 9.17) is 11.6 Å². The Kier molecular flexibility index (Phi) is 3.68. The molecule has 0 amide bonds. The summed E-state index contributed by atoms with van der Waals surface area (Å²) >= 11 is 5.83. The first-order valence-corrected chi connectivity index (χ1v) is 5.99. The van der Waals surface area contributed by atoms with Crippen molar-refractivity contribution < 1.29 is 23.0 Å². The topological polar surface area (TPSA) is 32.7 Å². The molecule has 1 aliphatic rings. The fourth-order valence-electron chi connectivity index (χ4n) is 2.48. The summed E-state index contributed by atoms with van der Waals surface area (Å²) in [5, 5.41) is 10.1. The summed E-state index contributed by atoms with van der Waals surface area (Å²) in [6.45, 7) is 0. The highest BCUT2D eigenvalue weighted by molar-refractivity contribution is 6.30. The van der Waals surface area contributed by atoms with Gasteiger partial charge in [0.1, 0.15) is 5.75 Å². The average Bonchev–Trinajstić information content (AvgIpc) is 2.51. The van der Waals surface area contributed by atoms with Crippen LogP contribution in [-0.2, 0) is 6.42 Å². The van der Waals surface area contributed by atoms with Gasteiger partial charge in [0, 0.05) is 17.0 Å². The number of benzene rings is 1. The van der Waals surface area contributed by atoms with E-state index in [1.807, 2.05) is 0 Å². The van der Waals surface area contributed by atoms with Crippen molar-refractivity contribution in [2.24, 2.45) is 0 Å². The molecule has 0 radical (unpaired) electrons. The summed E-state index contributed by atoms with van der Waals surface area (Å²) in [4.78, 5) is 1.74. The summed E-state index contributed by atoms with van der Waals surface area (Å²) in [7, 11) is 3.49. The van der Waals surface area contributed by atoms with Crippen LogP contribution in [0.1, 0.15) is 17.2 Å². The van der Waals surface area contributed by atoms with Gasteiger partial charge >= 0.3 is 6.36 Å². The van der Waals surface area contributed by atoms with Crippen LogP contribution in [0.25, 0.3) is 0 Å². The van der Waals surface area contributed by atoms with Crippen molar-refractivity contribution >= 4 is 11.6 Å². The number of likely N-dealkylation sites (N-methyl/N-ethyl adjacent to an activating group) is 1. The monoisotopic (exact) mass is 295 g/mol. The van der Waals surface area contributed by atoms with Crippen LogP contribution < -0.4 is 4.74 Å². The van der Waals surface area contributed by atoms with Crippen molar-refractivity contribution in [2.75, 3.05) is 14.1 Å². The molecule has 0 heterocycles. The quantitative estimate of drug-likeness (QED) is 0.911. The number of fused-ring (bicyclic) bond motifs is 1. The molecule has 106 valence electrons. The highest BCUT2D eigenvalue weighted by atomic mass is 35.5. The van der Waals surface area contributed by atoms with E-state index in [0.29, 0.717) is 11.1 Å². The van der Waals surface area contributed by atoms with E-state index in [1.54, 1.807) is 25.1 Å². The predicted octanol–water partition coefficient (Wildman–Crippen LogP) is 2.76. The summed E-state index contributed by atoms with van der Waals surface area (Å²) in [6.07, 6.45) is -5.44. The van der Waals surface area contributed by atoms with E-state index in [1.165, 1.54) is 0 Å². The zero-order chi connectivity index (χ0) is 14.4. The minimum Gasteiger partial charge on any atom is -0.405 e. The summed E-state index contributed by atoms with van der Waals surface area (Å²) in [5.74, 6) is -0.335. The Morgan fingerprint density at radius 2 is 2.00 bits per heavy atom. The van der Waals surface area contributed by atoms with Crippen LogP contribution in [0.2, 0.25) is 5.02 Å². The molecule has 1 aromatic carbocycles. The molecular weight excluding hydrogens is 283 g/mol. The van der Waals surface area contributed by atoms with E-state index in [0.717, 1.165) is 6.07 Å². The lowest BCUT2D eigenvalue weighted by atomic mass is 10.1. The second-order valence-corrected chi connectivity index (χ2v) is 5.14. The van der Waals surface area contributed by atoms with Crippen molar-refractivity contribution in [1.29, 1.82) is 0 Å². The summed E-state index contributed by atoms with van der Waals surface area (Å²) in [6, 6.07) is 2.31. The van der Waals surface area contributed by atoms with Gasteiger partial charge in [0.05, 0.1) is 12.1 Å². The molecule has 7 heteroatoms. The standard InChI is InChI=1S/C12H13ClF3NO2/c1-17(2)11-8-3-6(13)4-10(19-12(14,15)16)7(8)5-9(11)18/h3-4,9,11,18H,5H2,1-2H3/t9-,11-/m1/s1. The third-order valence-electron chi connectivity index (χ3n) is 3.09. The first-order valence-electron chi connectivity index (χ1n) is 5.61. The lowest BCUT2D eigenvalue weighted by Gasteiger charge is -2.23. The molecule has 0 saturated heterocycles. The molecule has 0 saturated carbocycles. The van der Waals surface area contributed by atoms with Crippen LogP contribution in [0.5, 0.6) is 5.75 Å². The molecule has 2 rings (SSSR count). The van der Waals surface area contributed by atoms with Gasteiger partial charge in [-0.1, -0.05) is 11.6 Å². The van der Waals surface area contributed by atoms with Crippen LogP contribution in [-0.4, -0.2) is 36.6 Å². The number of nitrogens with zero attached hydrogens (tertiary/aromatic N) is 1. The first kappa shape index (κ1) is 14.4. The number of rotatable bonds is 2. The molecule has 1 aliphatic carbocycles. The first-order chi connectivity index (χ1) is 8.69. The van der Waals surface area contributed by atoms with Crippen LogP contribution >= 0.6 is 11.6 Å². The van der Waals surface area contributed by atoms with Crippen LogP contribution in [0.4, 0.5) is 13.2 Å². The number of aliphatic hydroxyl groups excluding tert-OH is 1. The molecule has 1 N–H and O–H groups in total. The van der Waals surface area contributed by atoms with Crippen molar-refractivity contribution in [2.45, 2.75) is 24.9 Å². The fourth-order valence-corrected chi connectivity index (χ4v) is 2.70. The molecular formula is C12H13ClF3NO2. The van der Waals surface area contributed by atoms with E-state index in [9.17, 15) is 18.3 Å². The van der Waals surface area contributed by atoms with Gasteiger partial charge in [-0.15, -0.1) is 13.2 Å². The number of alkyl halides is 3. The Balaban J connectivity index is 2.48. The van der Waals surface area contributed by atoms with Gasteiger partial charge in [-0.25, -0.2) is 0 Å². The Morgan fingerprint density at radius 3 is 2.53 bits per heavy atom. The summed E-state index contributed by atoms with van der Waals surface area (Å²) < 4.78 is 41.1. The molecule has 0 spiro atoms. The Bertz CT molecular complexity index is 491. The summed E-state index contributed by atoms with van der Waals surface area (Å²) in [5.41, 5.74) is 0.928. The second kappa shape index (κ2) is 4.85. The van der Waals surface area contributed by atoms with Gasteiger partial charge in [0.15, 0.2) is 0 Å². The zero-order valence-electron chi connectivity index (χ0n) is 10.3. The Morgan fingerprint density at radius 1 is 1.37 bits per heavy atom. The zero-order valence-corrected chi connectivity index (χ0v) is 11.1. The highest BCUT2D eigenvalue weighted by Crippen LogP contribution is 2.42. The molecule has 0 aliphatic heterocycles. The van der Waals surface area contributed by atoms with Crippen molar-refractivity contribution in [3.8, 4) is 5.75 Å². The molecule has 3 nitrogen and oxygen atoms in total. The SMILES string of the molecule is CN(C)[C@@H]1c2cc(Cl)cc(OC(F)(F)F)c2C[C@H]1O. The fraction of sp³-hybridized carbons (Fsp3) is 0.500. The minimum atomic E-state index is -4.78. The number of halogens is 4. The van der Waals surface area contributed by atoms with Crippen LogP contribution in [0.15, 0.2) is 12.1 Å². The number of hydrogen-bond donors (Lipinski definition) is 1. The highest BCUT2D eigenvalue weighted by Gasteiger charge is 2.38. The van der Waals surface area contributed by atoms with Crippen LogP contribution in [0.3, 0.4) is 0 Å². The third-order valence-corrected chi connectivity index (χ3v) is 3.30. The maximum absolute atomic E-state index is 12.4. The predicted molar refractivity (Wildman–Crippen MR) is 64.3 cm³/mol. The normalized spacial score (nSPS) is 22.7. The smallest absolute Gasteiger partial charge is 0.405 e. The number of ether oxygens (including phenoxy) is 1. The number of aliphatic hydroxyl groups is 1. The van der Waals surface area contributed by atoms with Crippen molar-refractivity contribution in [3.05, 3.63) is 28.3 Å². The van der Waals surface area contributed by atoms with Crippen LogP contribution in [0, 0.1) is 0 Å². The molecule has 1 aromatic rings. The van der Waals surface area contributed by atoms with Gasteiger partial charge in [0.2, 0.25) is 0 Å². The minimum absolute atomic E-state index is 0.112. The van der Waals surface area contributed by atoms with E-state index < -0.39 is 12.5 Å². The van der Waals surface area contributed by atoms with E-state index in [2.05, 4.69) is 4.74 Å². The maximum Gasteiger partial charge on any atom is 0.573 e. The molecule has 0 fully saturated rings. The van der Waals surface area contributed by atoms with Gasteiger partial charge in [-0.2, -0.15) is 0 Å². The number of hydrogen-bond acceptors (Lipinski definition) is 3. The average molecular weight is 296 g/mol. The molecule has 0 aromatic heterocycles. The largest absolute Gasteiger partial charge is 0.573 e. The van der Waals surface area contributed by atoms with Gasteiger partial charge in [-0.05, 0) is 31.8 Å². The van der Waals surface area contributed by atoms with Gasteiger partial charge < -0.3 is 14.7 Å². The third kappa shape index (κ3) is 2.96. The molecule has 0 bridgehead atoms. The van der Waals surface area contributed by atoms with Gasteiger partial charge in [0.25, 0.3) is 0 Å². The lowest BCUT2D eigenvalue weighted by Crippen LogP contribution is -2.27. The molecule has 19 heavy (non-hydrogen) atoms. The van der Waals surface area contributed by atoms with Crippen molar-refractivity contribution in [1.82, 2.24) is 4.90 Å². The maximum atomic E-state index is 12.4.